The first-order valence-corrected chi connectivity index (χ1v) is 10.1. The highest BCUT2D eigenvalue weighted by Crippen LogP contribution is 2.34. The Labute approximate surface area is 164 Å². The predicted molar refractivity (Wildman–Crippen MR) is 110 cm³/mol. The summed E-state index contributed by atoms with van der Waals surface area (Å²) in [4.78, 5) is 14.6. The number of aryl methyl sites for hydroxylation is 1. The lowest BCUT2D eigenvalue weighted by atomic mass is 10.1. The van der Waals surface area contributed by atoms with E-state index in [2.05, 4.69) is 21.9 Å². The first-order chi connectivity index (χ1) is 13.7. The first-order valence-electron chi connectivity index (χ1n) is 10.1. The number of aromatic nitrogens is 4. The molecular formula is C21H26N6O. The molecule has 0 saturated carbocycles. The average molecular weight is 378 g/mol. The minimum atomic E-state index is 0.823. The smallest absolute Gasteiger partial charge is 0.229 e. The summed E-state index contributed by atoms with van der Waals surface area (Å²) in [5.41, 5.74) is 3.31. The van der Waals surface area contributed by atoms with E-state index < -0.39 is 0 Å². The summed E-state index contributed by atoms with van der Waals surface area (Å²) in [6.45, 7) is 3.81. The summed E-state index contributed by atoms with van der Waals surface area (Å²) >= 11 is 0. The molecule has 0 unspecified atom stereocenters. The van der Waals surface area contributed by atoms with Gasteiger partial charge in [-0.25, -0.2) is 4.68 Å². The molecule has 4 heterocycles. The van der Waals surface area contributed by atoms with Crippen molar-refractivity contribution in [2.75, 3.05) is 36.5 Å². The Balaban J connectivity index is 1.54. The zero-order valence-corrected chi connectivity index (χ0v) is 16.6. The summed E-state index contributed by atoms with van der Waals surface area (Å²) in [5.74, 6) is 2.75. The second-order valence-electron chi connectivity index (χ2n) is 7.68. The van der Waals surface area contributed by atoms with Crippen LogP contribution in [0.2, 0.25) is 0 Å². The van der Waals surface area contributed by atoms with Crippen LogP contribution in [0.15, 0.2) is 24.3 Å². The van der Waals surface area contributed by atoms with Crippen molar-refractivity contribution < 1.29 is 4.74 Å². The number of ether oxygens (including phenoxy) is 1. The van der Waals surface area contributed by atoms with Crippen molar-refractivity contribution in [2.24, 2.45) is 7.05 Å². The maximum atomic E-state index is 5.29. The van der Waals surface area contributed by atoms with Gasteiger partial charge in [-0.2, -0.15) is 15.1 Å². The maximum absolute atomic E-state index is 5.29. The lowest BCUT2D eigenvalue weighted by Crippen LogP contribution is -2.33. The first kappa shape index (κ1) is 17.3. The number of methoxy groups -OCH3 is 1. The van der Waals surface area contributed by atoms with E-state index in [4.69, 9.17) is 19.8 Å². The van der Waals surface area contributed by atoms with Gasteiger partial charge in [-0.3, -0.25) is 0 Å². The number of rotatable bonds is 4. The summed E-state index contributed by atoms with van der Waals surface area (Å²) in [6.07, 6.45) is 4.64. The Morgan fingerprint density at radius 3 is 2.54 bits per heavy atom. The van der Waals surface area contributed by atoms with Gasteiger partial charge in [-0.05, 0) is 37.0 Å². The van der Waals surface area contributed by atoms with Crippen LogP contribution in [0.1, 0.15) is 30.5 Å². The Kier molecular flexibility index (Phi) is 4.30. The fraction of sp³-hybridized carbons (Fsp3) is 0.476. The van der Waals surface area contributed by atoms with Crippen LogP contribution in [0.5, 0.6) is 5.75 Å². The summed E-state index contributed by atoms with van der Waals surface area (Å²) < 4.78 is 7.20. The molecule has 1 fully saturated rings. The Morgan fingerprint density at radius 1 is 1.00 bits per heavy atom. The fourth-order valence-electron chi connectivity index (χ4n) is 4.29. The third-order valence-electron chi connectivity index (χ3n) is 5.81. The molecule has 0 aliphatic carbocycles. The molecule has 2 aliphatic heterocycles. The van der Waals surface area contributed by atoms with E-state index in [1.165, 1.54) is 24.8 Å². The summed E-state index contributed by atoms with van der Waals surface area (Å²) in [5, 5.41) is 5.84. The van der Waals surface area contributed by atoms with Crippen molar-refractivity contribution in [1.29, 1.82) is 0 Å². The molecule has 3 aromatic rings. The molecule has 0 bridgehead atoms. The van der Waals surface area contributed by atoms with E-state index in [-0.39, 0.29) is 0 Å². The highest BCUT2D eigenvalue weighted by Gasteiger charge is 2.27. The van der Waals surface area contributed by atoms with E-state index in [0.29, 0.717) is 0 Å². The molecule has 0 amide bonds. The van der Waals surface area contributed by atoms with E-state index in [1.54, 1.807) is 7.11 Å². The van der Waals surface area contributed by atoms with Gasteiger partial charge < -0.3 is 14.5 Å². The minimum absolute atomic E-state index is 0.823. The fourth-order valence-corrected chi connectivity index (χ4v) is 4.29. The largest absolute Gasteiger partial charge is 0.497 e. The number of benzene rings is 1. The van der Waals surface area contributed by atoms with E-state index in [0.717, 1.165) is 66.8 Å². The van der Waals surface area contributed by atoms with Crippen molar-refractivity contribution in [3.05, 3.63) is 35.5 Å². The van der Waals surface area contributed by atoms with Gasteiger partial charge in [0, 0.05) is 39.6 Å². The lowest BCUT2D eigenvalue weighted by molar-refractivity contribution is 0.414. The monoisotopic (exact) mass is 378 g/mol. The molecule has 0 N–H and O–H groups in total. The standard InChI is InChI=1S/C21H26N6O/c1-25-19-18-17(24-25)10-13-27(14-15-6-8-16(28-2)9-7-15)20(18)23-21(22-19)26-11-4-3-5-12-26/h6-9H,3-5,10-14H2,1-2H3. The van der Waals surface area contributed by atoms with Gasteiger partial charge in [0.1, 0.15) is 11.6 Å². The minimum Gasteiger partial charge on any atom is -0.497 e. The van der Waals surface area contributed by atoms with Gasteiger partial charge in [0.05, 0.1) is 18.2 Å². The Morgan fingerprint density at radius 2 is 1.79 bits per heavy atom. The van der Waals surface area contributed by atoms with Gasteiger partial charge in [0.25, 0.3) is 0 Å². The van der Waals surface area contributed by atoms with Gasteiger partial charge in [0.2, 0.25) is 5.95 Å². The quantitative estimate of drug-likeness (QED) is 0.696. The van der Waals surface area contributed by atoms with Crippen molar-refractivity contribution >= 4 is 22.8 Å². The van der Waals surface area contributed by atoms with Crippen LogP contribution in [-0.2, 0) is 20.0 Å². The van der Waals surface area contributed by atoms with Gasteiger partial charge in [-0.1, -0.05) is 12.1 Å². The van der Waals surface area contributed by atoms with Crippen LogP contribution < -0.4 is 14.5 Å². The zero-order valence-electron chi connectivity index (χ0n) is 16.6. The molecule has 28 heavy (non-hydrogen) atoms. The molecule has 0 spiro atoms. The number of hydrogen-bond donors (Lipinski definition) is 0. The highest BCUT2D eigenvalue weighted by atomic mass is 16.5. The molecule has 0 radical (unpaired) electrons. The Hall–Kier alpha value is -2.83. The van der Waals surface area contributed by atoms with E-state index in [1.807, 2.05) is 23.9 Å². The summed E-state index contributed by atoms with van der Waals surface area (Å²) in [6, 6.07) is 8.29. The molecule has 5 rings (SSSR count). The van der Waals surface area contributed by atoms with Crippen LogP contribution in [0.4, 0.5) is 11.8 Å². The van der Waals surface area contributed by atoms with Gasteiger partial charge in [-0.15, -0.1) is 0 Å². The third-order valence-corrected chi connectivity index (χ3v) is 5.81. The van der Waals surface area contributed by atoms with E-state index >= 15 is 0 Å². The molecule has 0 atom stereocenters. The van der Waals surface area contributed by atoms with Crippen LogP contribution in [-0.4, -0.2) is 46.5 Å². The SMILES string of the molecule is COc1ccc(CN2CCc3nn(C)c4nc(N5CCCCC5)nc2c34)cc1. The van der Waals surface area contributed by atoms with Gasteiger partial charge >= 0.3 is 0 Å². The zero-order chi connectivity index (χ0) is 19.1. The third kappa shape index (κ3) is 2.95. The molecule has 1 aromatic carbocycles. The Bertz CT molecular complexity index is 990. The number of anilines is 2. The number of piperidine rings is 1. The average Bonchev–Trinajstić information content (AvgIpc) is 3.07. The molecule has 7 nitrogen and oxygen atoms in total. The van der Waals surface area contributed by atoms with Crippen molar-refractivity contribution in [1.82, 2.24) is 19.7 Å². The van der Waals surface area contributed by atoms with Crippen LogP contribution in [0.3, 0.4) is 0 Å². The van der Waals surface area contributed by atoms with Gasteiger partial charge in [0.15, 0.2) is 5.65 Å². The van der Waals surface area contributed by atoms with Crippen LogP contribution >= 0.6 is 0 Å². The molecule has 2 aliphatic rings. The second-order valence-corrected chi connectivity index (χ2v) is 7.68. The highest BCUT2D eigenvalue weighted by molar-refractivity contribution is 5.92. The number of nitrogens with zero attached hydrogens (tertiary/aromatic N) is 6. The van der Waals surface area contributed by atoms with Crippen molar-refractivity contribution in [3.63, 3.8) is 0 Å². The molecule has 1 saturated heterocycles. The topological polar surface area (TPSA) is 59.3 Å². The molecule has 2 aromatic heterocycles. The lowest BCUT2D eigenvalue weighted by Gasteiger charge is -2.31. The molecular weight excluding hydrogens is 352 g/mol. The second kappa shape index (κ2) is 6.96. The van der Waals surface area contributed by atoms with E-state index in [9.17, 15) is 0 Å². The maximum Gasteiger partial charge on any atom is 0.229 e. The molecule has 146 valence electrons. The number of hydrogen-bond acceptors (Lipinski definition) is 6. The van der Waals surface area contributed by atoms with Crippen molar-refractivity contribution in [2.45, 2.75) is 32.2 Å². The molecule has 7 heteroatoms. The van der Waals surface area contributed by atoms with Crippen LogP contribution in [0.25, 0.3) is 11.0 Å². The summed E-state index contributed by atoms with van der Waals surface area (Å²) in [7, 11) is 3.69. The van der Waals surface area contributed by atoms with Crippen molar-refractivity contribution in [3.8, 4) is 5.75 Å². The van der Waals surface area contributed by atoms with Crippen LogP contribution in [0, 0.1) is 0 Å². The normalized spacial score (nSPS) is 16.6. The predicted octanol–water partition coefficient (Wildman–Crippen LogP) is 2.92.